The smallest absolute Gasteiger partial charge is 0.410 e. The molecule has 1 aromatic carbocycles. The largest absolute Gasteiger partial charge is 0.444 e. The van der Waals surface area contributed by atoms with Gasteiger partial charge in [0.1, 0.15) is 5.60 Å². The molecule has 1 aromatic rings. The standard InChI is InChI=1S/C19H22Cl2N4O2S/c1-19(2,3)27-18(26)25-7-5-12(6-8-25)16-14(20)9-13(10-15(16)21)24-17(28-4)23-11-22/h5,9-10H,6-8H2,1-4H3,(H,23,24). The summed E-state index contributed by atoms with van der Waals surface area (Å²) in [6.45, 7) is 6.48. The SMILES string of the molecule is CS/C(=N/c1cc(Cl)c(C2=CCN(C(=O)OC(C)(C)C)CC2)c(Cl)c1)NC#N. The second kappa shape index (κ2) is 9.55. The zero-order valence-electron chi connectivity index (χ0n) is 16.2. The number of benzene rings is 1. The van der Waals surface area contributed by atoms with Gasteiger partial charge in [-0.05, 0) is 51.2 Å². The molecule has 1 heterocycles. The van der Waals surface area contributed by atoms with Gasteiger partial charge in [-0.15, -0.1) is 0 Å². The van der Waals surface area contributed by atoms with E-state index in [2.05, 4.69) is 10.3 Å². The Morgan fingerprint density at radius 2 is 2.00 bits per heavy atom. The lowest BCUT2D eigenvalue weighted by molar-refractivity contribution is 0.0270. The number of halogens is 2. The molecule has 28 heavy (non-hydrogen) atoms. The Labute approximate surface area is 179 Å². The van der Waals surface area contributed by atoms with Crippen molar-refractivity contribution in [1.29, 1.82) is 5.26 Å². The molecule has 0 saturated heterocycles. The number of ether oxygens (including phenoxy) is 1. The van der Waals surface area contributed by atoms with Crippen molar-refractivity contribution in [3.8, 4) is 6.19 Å². The summed E-state index contributed by atoms with van der Waals surface area (Å²) in [4.78, 5) is 18.2. The predicted octanol–water partition coefficient (Wildman–Crippen LogP) is 5.44. The van der Waals surface area contributed by atoms with Gasteiger partial charge < -0.3 is 9.64 Å². The van der Waals surface area contributed by atoms with Crippen molar-refractivity contribution in [2.24, 2.45) is 4.99 Å². The number of carbonyl (C=O) groups excluding carboxylic acids is 1. The molecular weight excluding hydrogens is 419 g/mol. The highest BCUT2D eigenvalue weighted by Gasteiger charge is 2.25. The minimum absolute atomic E-state index is 0.334. The third-order valence-corrected chi connectivity index (χ3v) is 4.97. The van der Waals surface area contributed by atoms with Gasteiger partial charge in [0.05, 0.1) is 15.7 Å². The van der Waals surface area contributed by atoms with Crippen molar-refractivity contribution in [1.82, 2.24) is 10.2 Å². The average Bonchev–Trinajstić information content (AvgIpc) is 2.60. The van der Waals surface area contributed by atoms with Crippen molar-refractivity contribution in [2.75, 3.05) is 19.3 Å². The summed E-state index contributed by atoms with van der Waals surface area (Å²) in [6.07, 6.45) is 5.87. The van der Waals surface area contributed by atoms with Gasteiger partial charge in [0.2, 0.25) is 0 Å². The fourth-order valence-corrected chi connectivity index (χ4v) is 3.67. The highest BCUT2D eigenvalue weighted by atomic mass is 35.5. The normalized spacial score (nSPS) is 15.0. The van der Waals surface area contributed by atoms with Crippen LogP contribution in [-0.4, -0.2) is 41.1 Å². The van der Waals surface area contributed by atoms with E-state index >= 15 is 0 Å². The zero-order valence-corrected chi connectivity index (χ0v) is 18.5. The summed E-state index contributed by atoms with van der Waals surface area (Å²) >= 11 is 14.2. The van der Waals surface area contributed by atoms with Crippen LogP contribution in [0.4, 0.5) is 10.5 Å². The fourth-order valence-electron chi connectivity index (χ4n) is 2.61. The minimum atomic E-state index is -0.528. The third kappa shape index (κ3) is 6.06. The lowest BCUT2D eigenvalue weighted by Crippen LogP contribution is -2.39. The van der Waals surface area contributed by atoms with Crippen LogP contribution in [0, 0.1) is 11.5 Å². The number of carbonyl (C=O) groups is 1. The molecule has 0 bridgehead atoms. The van der Waals surface area contributed by atoms with Crippen molar-refractivity contribution in [2.45, 2.75) is 32.8 Å². The molecule has 1 aliphatic rings. The number of hydrogen-bond donors (Lipinski definition) is 1. The van der Waals surface area contributed by atoms with Crippen molar-refractivity contribution < 1.29 is 9.53 Å². The van der Waals surface area contributed by atoms with Gasteiger partial charge in [-0.1, -0.05) is 41.0 Å². The number of nitrogens with one attached hydrogen (secondary N) is 1. The molecule has 2 rings (SSSR count). The molecule has 1 aliphatic heterocycles. The van der Waals surface area contributed by atoms with E-state index in [1.54, 1.807) is 17.0 Å². The maximum atomic E-state index is 12.2. The van der Waals surface area contributed by atoms with E-state index < -0.39 is 5.60 Å². The van der Waals surface area contributed by atoms with E-state index in [-0.39, 0.29) is 6.09 Å². The Morgan fingerprint density at radius 1 is 1.36 bits per heavy atom. The van der Waals surface area contributed by atoms with Gasteiger partial charge in [0.25, 0.3) is 0 Å². The van der Waals surface area contributed by atoms with Crippen LogP contribution in [0.1, 0.15) is 32.8 Å². The second-order valence-corrected chi connectivity index (χ2v) is 8.66. The number of hydrogen-bond acceptors (Lipinski definition) is 5. The number of thioether (sulfide) groups is 1. The van der Waals surface area contributed by atoms with Crippen LogP contribution in [0.25, 0.3) is 5.57 Å². The van der Waals surface area contributed by atoms with Crippen LogP contribution in [0.2, 0.25) is 10.0 Å². The quantitative estimate of drug-likeness (QED) is 0.286. The summed E-state index contributed by atoms with van der Waals surface area (Å²) in [7, 11) is 0. The van der Waals surface area contributed by atoms with Crippen molar-refractivity contribution in [3.05, 3.63) is 33.8 Å². The highest BCUT2D eigenvalue weighted by molar-refractivity contribution is 8.13. The number of nitriles is 1. The first-order valence-electron chi connectivity index (χ1n) is 8.58. The molecule has 0 unspecified atom stereocenters. The monoisotopic (exact) mass is 440 g/mol. The molecule has 0 spiro atoms. The Hall–Kier alpha value is -1.88. The van der Waals surface area contributed by atoms with Crippen LogP contribution < -0.4 is 5.32 Å². The van der Waals surface area contributed by atoms with E-state index in [1.165, 1.54) is 11.8 Å². The first-order chi connectivity index (χ1) is 13.1. The molecule has 0 atom stereocenters. The Kier molecular flexibility index (Phi) is 7.64. The molecule has 1 N–H and O–H groups in total. The zero-order chi connectivity index (χ0) is 20.9. The fraction of sp³-hybridized carbons (Fsp3) is 0.421. The third-order valence-electron chi connectivity index (χ3n) is 3.80. The average molecular weight is 441 g/mol. The van der Waals surface area contributed by atoms with Gasteiger partial charge in [-0.3, -0.25) is 5.32 Å². The van der Waals surface area contributed by atoms with E-state index in [0.29, 0.717) is 40.4 Å². The lowest BCUT2D eigenvalue weighted by atomic mass is 9.99. The van der Waals surface area contributed by atoms with E-state index in [9.17, 15) is 4.79 Å². The predicted molar refractivity (Wildman–Crippen MR) is 116 cm³/mol. The maximum Gasteiger partial charge on any atom is 0.410 e. The maximum absolute atomic E-state index is 12.2. The summed E-state index contributed by atoms with van der Waals surface area (Å²) in [5, 5.41) is 12.6. The molecular formula is C19H22Cl2N4O2S. The number of amidine groups is 1. The molecule has 9 heteroatoms. The highest BCUT2D eigenvalue weighted by Crippen LogP contribution is 2.38. The number of rotatable bonds is 2. The summed E-state index contributed by atoms with van der Waals surface area (Å²) in [5.41, 5.74) is 1.74. The molecule has 0 aliphatic carbocycles. The van der Waals surface area contributed by atoms with Crippen LogP contribution in [0.15, 0.2) is 23.2 Å². The van der Waals surface area contributed by atoms with E-state index in [4.69, 9.17) is 33.2 Å². The molecule has 0 radical (unpaired) electrons. The van der Waals surface area contributed by atoms with E-state index in [0.717, 1.165) is 11.1 Å². The summed E-state index contributed by atoms with van der Waals surface area (Å²) < 4.78 is 5.41. The lowest BCUT2D eigenvalue weighted by Gasteiger charge is -2.30. The summed E-state index contributed by atoms with van der Waals surface area (Å²) in [6, 6.07) is 3.41. The van der Waals surface area contributed by atoms with Crippen molar-refractivity contribution in [3.63, 3.8) is 0 Å². The topological polar surface area (TPSA) is 77.7 Å². The Balaban J connectivity index is 2.21. The summed E-state index contributed by atoms with van der Waals surface area (Å²) in [5.74, 6) is 0. The molecule has 1 amide bonds. The van der Waals surface area contributed by atoms with Crippen molar-refractivity contribution >= 4 is 57.5 Å². The first kappa shape index (κ1) is 22.4. The second-order valence-electron chi connectivity index (χ2n) is 7.05. The molecule has 0 aromatic heterocycles. The molecule has 0 fully saturated rings. The molecule has 0 saturated carbocycles. The van der Waals surface area contributed by atoms with Gasteiger partial charge in [-0.2, -0.15) is 5.26 Å². The van der Waals surface area contributed by atoms with Gasteiger partial charge in [0.15, 0.2) is 11.4 Å². The number of nitrogens with zero attached hydrogens (tertiary/aromatic N) is 3. The Bertz CT molecular complexity index is 833. The van der Waals surface area contributed by atoms with Crippen LogP contribution >= 0.6 is 35.0 Å². The van der Waals surface area contributed by atoms with Gasteiger partial charge in [0, 0.05) is 18.7 Å². The van der Waals surface area contributed by atoms with Gasteiger partial charge in [-0.25, -0.2) is 9.79 Å². The van der Waals surface area contributed by atoms with Gasteiger partial charge >= 0.3 is 6.09 Å². The first-order valence-corrected chi connectivity index (χ1v) is 10.6. The molecule has 6 nitrogen and oxygen atoms in total. The van der Waals surface area contributed by atoms with E-state index in [1.807, 2.05) is 39.3 Å². The Morgan fingerprint density at radius 3 is 2.46 bits per heavy atom. The molecule has 150 valence electrons. The minimum Gasteiger partial charge on any atom is -0.444 e. The number of amides is 1. The number of aliphatic imine (C=N–C) groups is 1. The van der Waals surface area contributed by atoms with Crippen LogP contribution in [-0.2, 0) is 4.74 Å². The van der Waals surface area contributed by atoms with Crippen LogP contribution in [0.3, 0.4) is 0 Å². The van der Waals surface area contributed by atoms with Crippen LogP contribution in [0.5, 0.6) is 0 Å².